The Morgan fingerprint density at radius 2 is 1.56 bits per heavy atom. The second kappa shape index (κ2) is 8.82. The molecule has 2 aliphatic heterocycles. The fourth-order valence-electron chi connectivity index (χ4n) is 5.37. The molecule has 0 atom stereocenters. The minimum absolute atomic E-state index is 0.00666. The zero-order valence-corrected chi connectivity index (χ0v) is 18.5. The van der Waals surface area contributed by atoms with Crippen molar-refractivity contribution in [3.63, 3.8) is 0 Å². The fourth-order valence-corrected chi connectivity index (χ4v) is 5.37. The summed E-state index contributed by atoms with van der Waals surface area (Å²) in [6, 6.07) is 16.1. The van der Waals surface area contributed by atoms with E-state index < -0.39 is 0 Å². The number of fused-ring (bicyclic) bond motifs is 1. The first-order valence-electron chi connectivity index (χ1n) is 11.5. The molecule has 2 fully saturated rings. The molecule has 0 radical (unpaired) electrons. The molecule has 1 amide bonds. The molecule has 1 aromatic heterocycles. The first-order valence-corrected chi connectivity index (χ1v) is 11.5. The van der Waals surface area contributed by atoms with Crippen LogP contribution >= 0.6 is 0 Å². The van der Waals surface area contributed by atoms with Gasteiger partial charge in [-0.1, -0.05) is 24.3 Å². The Morgan fingerprint density at radius 3 is 2.31 bits per heavy atom. The van der Waals surface area contributed by atoms with Gasteiger partial charge >= 0.3 is 5.69 Å². The predicted octanol–water partition coefficient (Wildman–Crippen LogP) is 3.28. The molecule has 0 spiro atoms. The van der Waals surface area contributed by atoms with Crippen molar-refractivity contribution in [2.75, 3.05) is 33.3 Å². The van der Waals surface area contributed by atoms with Crippen LogP contribution in [0.2, 0.25) is 0 Å². The van der Waals surface area contributed by atoms with Crippen molar-refractivity contribution < 1.29 is 9.53 Å². The SMILES string of the molecule is COc1ccccc1C(=O)N1CCC(N2CCC(n3c(=O)[nH]c4ccccc43)CC2)CC1. The van der Waals surface area contributed by atoms with Gasteiger partial charge in [0.2, 0.25) is 0 Å². The summed E-state index contributed by atoms with van der Waals surface area (Å²) in [5.74, 6) is 0.688. The lowest BCUT2D eigenvalue weighted by Gasteiger charge is -2.42. The number of nitrogens with zero attached hydrogens (tertiary/aromatic N) is 3. The van der Waals surface area contributed by atoms with Gasteiger partial charge < -0.3 is 19.5 Å². The molecule has 2 saturated heterocycles. The van der Waals surface area contributed by atoms with E-state index in [-0.39, 0.29) is 17.6 Å². The highest BCUT2D eigenvalue weighted by Crippen LogP contribution is 2.29. The lowest BCUT2D eigenvalue weighted by molar-refractivity contribution is 0.0555. The van der Waals surface area contributed by atoms with Crippen molar-refractivity contribution in [3.8, 4) is 5.75 Å². The number of likely N-dealkylation sites (tertiary alicyclic amines) is 2. The van der Waals surface area contributed by atoms with Crippen LogP contribution in [0.15, 0.2) is 53.3 Å². The number of aromatic amines is 1. The van der Waals surface area contributed by atoms with E-state index in [0.717, 1.165) is 62.9 Å². The summed E-state index contributed by atoms with van der Waals surface area (Å²) in [6.07, 6.45) is 3.92. The van der Waals surface area contributed by atoms with E-state index in [9.17, 15) is 9.59 Å². The number of benzene rings is 2. The number of hydrogen-bond acceptors (Lipinski definition) is 4. The van der Waals surface area contributed by atoms with Gasteiger partial charge in [-0.05, 0) is 49.9 Å². The van der Waals surface area contributed by atoms with Gasteiger partial charge in [-0.15, -0.1) is 0 Å². The van der Waals surface area contributed by atoms with Crippen molar-refractivity contribution in [3.05, 3.63) is 64.6 Å². The third kappa shape index (κ3) is 3.81. The predicted molar refractivity (Wildman–Crippen MR) is 124 cm³/mol. The van der Waals surface area contributed by atoms with Gasteiger partial charge in [-0.25, -0.2) is 4.79 Å². The van der Waals surface area contributed by atoms with E-state index in [4.69, 9.17) is 4.74 Å². The lowest BCUT2D eigenvalue weighted by atomic mass is 9.97. The summed E-state index contributed by atoms with van der Waals surface area (Å²) in [5.41, 5.74) is 2.54. The highest BCUT2D eigenvalue weighted by atomic mass is 16.5. The third-order valence-electron chi connectivity index (χ3n) is 7.09. The average Bonchev–Trinajstić information content (AvgIpc) is 3.19. The molecule has 7 heteroatoms. The van der Waals surface area contributed by atoms with E-state index in [2.05, 4.69) is 9.88 Å². The number of carbonyl (C=O) groups excluding carboxylic acids is 1. The molecule has 168 valence electrons. The maximum atomic E-state index is 13.0. The molecule has 3 heterocycles. The highest BCUT2D eigenvalue weighted by Gasteiger charge is 2.31. The summed E-state index contributed by atoms with van der Waals surface area (Å²) in [4.78, 5) is 33.0. The monoisotopic (exact) mass is 434 g/mol. The second-order valence-electron chi connectivity index (χ2n) is 8.81. The first-order chi connectivity index (χ1) is 15.7. The molecule has 5 rings (SSSR count). The summed E-state index contributed by atoms with van der Waals surface area (Å²) >= 11 is 0. The maximum absolute atomic E-state index is 13.0. The van der Waals surface area contributed by atoms with Crippen LogP contribution in [-0.4, -0.2) is 64.6 Å². The van der Waals surface area contributed by atoms with Crippen LogP contribution in [0.4, 0.5) is 0 Å². The molecule has 0 unspecified atom stereocenters. The normalized spacial score (nSPS) is 18.8. The zero-order valence-electron chi connectivity index (χ0n) is 18.5. The summed E-state index contributed by atoms with van der Waals surface area (Å²) < 4.78 is 7.31. The summed E-state index contributed by atoms with van der Waals surface area (Å²) in [6.45, 7) is 3.51. The van der Waals surface area contributed by atoms with Crippen LogP contribution in [0.25, 0.3) is 11.0 Å². The summed E-state index contributed by atoms with van der Waals surface area (Å²) in [7, 11) is 1.60. The van der Waals surface area contributed by atoms with Crippen molar-refractivity contribution >= 4 is 16.9 Å². The smallest absolute Gasteiger partial charge is 0.326 e. The minimum atomic E-state index is -0.00666. The van der Waals surface area contributed by atoms with Gasteiger partial charge in [0.1, 0.15) is 5.75 Å². The summed E-state index contributed by atoms with van der Waals surface area (Å²) in [5, 5.41) is 0. The number of para-hydroxylation sites is 3. The number of carbonyl (C=O) groups is 1. The quantitative estimate of drug-likeness (QED) is 0.684. The molecular formula is C25H30N4O3. The zero-order chi connectivity index (χ0) is 22.1. The topological polar surface area (TPSA) is 70.6 Å². The largest absolute Gasteiger partial charge is 0.496 e. The number of imidazole rings is 1. The number of amides is 1. The first kappa shape index (κ1) is 20.8. The number of piperidine rings is 2. The van der Waals surface area contributed by atoms with Crippen LogP contribution in [0.1, 0.15) is 42.1 Å². The molecule has 0 aliphatic carbocycles. The Balaban J connectivity index is 1.19. The van der Waals surface area contributed by atoms with Gasteiger partial charge in [-0.3, -0.25) is 9.36 Å². The van der Waals surface area contributed by atoms with Crippen LogP contribution in [0, 0.1) is 0 Å². The average molecular weight is 435 g/mol. The van der Waals surface area contributed by atoms with Gasteiger partial charge in [0.15, 0.2) is 0 Å². The van der Waals surface area contributed by atoms with Gasteiger partial charge in [0.05, 0.1) is 23.7 Å². The minimum Gasteiger partial charge on any atom is -0.496 e. The standard InChI is InChI=1S/C25H30N4O3/c1-32-23-9-5-2-6-20(23)24(30)28-16-10-18(11-17-28)27-14-12-19(13-15-27)29-22-8-4-3-7-21(22)26-25(29)31/h2-9,18-19H,10-17H2,1H3,(H,26,31). The molecule has 2 aliphatic rings. The molecule has 0 saturated carbocycles. The van der Waals surface area contributed by atoms with E-state index >= 15 is 0 Å². The Labute approximate surface area is 187 Å². The number of ether oxygens (including phenoxy) is 1. The van der Waals surface area contributed by atoms with Crippen LogP contribution < -0.4 is 10.4 Å². The van der Waals surface area contributed by atoms with Gasteiger partial charge in [-0.2, -0.15) is 0 Å². The van der Waals surface area contributed by atoms with Crippen LogP contribution in [0.3, 0.4) is 0 Å². The van der Waals surface area contributed by atoms with E-state index in [0.29, 0.717) is 17.4 Å². The third-order valence-corrected chi connectivity index (χ3v) is 7.09. The Kier molecular flexibility index (Phi) is 5.74. The second-order valence-corrected chi connectivity index (χ2v) is 8.81. The van der Waals surface area contributed by atoms with E-state index in [1.165, 1.54) is 0 Å². The number of aromatic nitrogens is 2. The van der Waals surface area contributed by atoms with Gasteiger partial charge in [0.25, 0.3) is 5.91 Å². The van der Waals surface area contributed by atoms with Crippen molar-refractivity contribution in [1.29, 1.82) is 0 Å². The van der Waals surface area contributed by atoms with Crippen molar-refractivity contribution in [2.24, 2.45) is 0 Å². The van der Waals surface area contributed by atoms with Crippen LogP contribution in [0.5, 0.6) is 5.75 Å². The number of rotatable bonds is 4. The number of nitrogens with one attached hydrogen (secondary N) is 1. The Morgan fingerprint density at radius 1 is 0.906 bits per heavy atom. The van der Waals surface area contributed by atoms with E-state index in [1.807, 2.05) is 58.0 Å². The number of methoxy groups -OCH3 is 1. The molecule has 32 heavy (non-hydrogen) atoms. The van der Waals surface area contributed by atoms with Crippen molar-refractivity contribution in [2.45, 2.75) is 37.8 Å². The van der Waals surface area contributed by atoms with Crippen molar-refractivity contribution in [1.82, 2.24) is 19.4 Å². The number of H-pyrrole nitrogens is 1. The highest BCUT2D eigenvalue weighted by molar-refractivity contribution is 5.97. The number of hydrogen-bond donors (Lipinski definition) is 1. The molecule has 3 aromatic rings. The maximum Gasteiger partial charge on any atom is 0.326 e. The molecule has 2 aromatic carbocycles. The molecule has 0 bridgehead atoms. The Bertz CT molecular complexity index is 1150. The van der Waals surface area contributed by atoms with E-state index in [1.54, 1.807) is 7.11 Å². The molecule has 7 nitrogen and oxygen atoms in total. The Hall–Kier alpha value is -3.06. The fraction of sp³-hybridized carbons (Fsp3) is 0.440. The molecule has 1 N–H and O–H groups in total. The van der Waals surface area contributed by atoms with Crippen LogP contribution in [-0.2, 0) is 0 Å². The molecular weight excluding hydrogens is 404 g/mol. The lowest BCUT2D eigenvalue weighted by Crippen LogP contribution is -2.49. The van der Waals surface area contributed by atoms with Gasteiger partial charge in [0, 0.05) is 38.3 Å².